The highest BCUT2D eigenvalue weighted by Crippen LogP contribution is 2.25. The topological polar surface area (TPSA) is 67.0 Å². The molecular weight excluding hydrogens is 286 g/mol. The first-order valence-corrected chi connectivity index (χ1v) is 8.19. The molecule has 1 aliphatic rings. The molecule has 2 unspecified atom stereocenters. The number of nitrogens with one attached hydrogen (secondary N) is 2. The molecule has 0 amide bonds. The second-order valence-corrected chi connectivity index (χ2v) is 6.93. The third-order valence-corrected chi connectivity index (χ3v) is 5.42. The van der Waals surface area contributed by atoms with Gasteiger partial charge < -0.3 is 15.0 Å². The van der Waals surface area contributed by atoms with Crippen LogP contribution >= 0.6 is 11.3 Å². The van der Waals surface area contributed by atoms with Crippen LogP contribution in [-0.2, 0) is 11.3 Å². The number of fused-ring (bicyclic) bond motifs is 1. The Morgan fingerprint density at radius 3 is 3.00 bits per heavy atom. The van der Waals surface area contributed by atoms with Crippen LogP contribution in [0.4, 0.5) is 0 Å². The van der Waals surface area contributed by atoms with Crippen LogP contribution in [0.15, 0.2) is 4.79 Å². The molecule has 0 aliphatic carbocycles. The fraction of sp³-hybridized carbons (Fsp3) is 0.600. The highest BCUT2D eigenvalue weighted by Gasteiger charge is 2.23. The molecule has 0 spiro atoms. The van der Waals surface area contributed by atoms with E-state index < -0.39 is 0 Å². The second-order valence-electron chi connectivity index (χ2n) is 5.73. The van der Waals surface area contributed by atoms with E-state index in [1.54, 1.807) is 11.3 Å². The average Bonchev–Trinajstić information content (AvgIpc) is 2.95. The number of ether oxygens (including phenoxy) is 1. The summed E-state index contributed by atoms with van der Waals surface area (Å²) in [6.45, 7) is 8.45. The molecule has 114 valence electrons. The highest BCUT2D eigenvalue weighted by molar-refractivity contribution is 7.18. The Labute approximate surface area is 127 Å². The number of aryl methyl sites for hydroxylation is 2. The van der Waals surface area contributed by atoms with Crippen molar-refractivity contribution in [3.8, 4) is 0 Å². The summed E-state index contributed by atoms with van der Waals surface area (Å²) in [6.07, 6.45) is 1.41. The third kappa shape index (κ3) is 2.88. The van der Waals surface area contributed by atoms with Gasteiger partial charge in [-0.2, -0.15) is 0 Å². The minimum atomic E-state index is -0.0313. The minimum Gasteiger partial charge on any atom is -0.378 e. The van der Waals surface area contributed by atoms with Crippen LogP contribution in [0, 0.1) is 19.8 Å². The lowest BCUT2D eigenvalue weighted by Crippen LogP contribution is -2.28. The van der Waals surface area contributed by atoms with Crippen molar-refractivity contribution in [2.45, 2.75) is 39.8 Å². The molecule has 6 heteroatoms. The molecule has 0 radical (unpaired) electrons. The van der Waals surface area contributed by atoms with Crippen LogP contribution in [0.2, 0.25) is 0 Å². The molecule has 21 heavy (non-hydrogen) atoms. The standard InChI is InChI=1S/C15H21N3O2S/c1-8-10(3)21-15-13(8)14(19)17-12(18-15)7-16-6-11-4-5-20-9(11)2/h9,11,16H,4-7H2,1-3H3,(H,17,18,19). The summed E-state index contributed by atoms with van der Waals surface area (Å²) in [5, 5.41) is 4.11. The van der Waals surface area contributed by atoms with Gasteiger partial charge in [-0.1, -0.05) is 0 Å². The van der Waals surface area contributed by atoms with Crippen molar-refractivity contribution >= 4 is 21.6 Å². The fourth-order valence-electron chi connectivity index (χ4n) is 2.80. The molecule has 2 aromatic rings. The number of rotatable bonds is 4. The quantitative estimate of drug-likeness (QED) is 0.908. The number of aromatic amines is 1. The van der Waals surface area contributed by atoms with E-state index in [2.05, 4.69) is 22.2 Å². The summed E-state index contributed by atoms with van der Waals surface area (Å²) in [5.41, 5.74) is 1.01. The molecule has 2 N–H and O–H groups in total. The van der Waals surface area contributed by atoms with Crippen molar-refractivity contribution in [1.29, 1.82) is 0 Å². The minimum absolute atomic E-state index is 0.0313. The first-order chi connectivity index (χ1) is 10.1. The molecule has 5 nitrogen and oxygen atoms in total. The van der Waals surface area contributed by atoms with Gasteiger partial charge in [0, 0.05) is 18.0 Å². The van der Waals surface area contributed by atoms with Crippen LogP contribution in [0.1, 0.15) is 29.6 Å². The van der Waals surface area contributed by atoms with Gasteiger partial charge >= 0.3 is 0 Å². The van der Waals surface area contributed by atoms with Crippen LogP contribution in [0.5, 0.6) is 0 Å². The molecule has 0 bridgehead atoms. The van der Waals surface area contributed by atoms with Crippen LogP contribution < -0.4 is 10.9 Å². The van der Waals surface area contributed by atoms with Crippen LogP contribution in [-0.4, -0.2) is 29.2 Å². The van der Waals surface area contributed by atoms with E-state index in [0.29, 0.717) is 24.4 Å². The van der Waals surface area contributed by atoms with Gasteiger partial charge in [0.2, 0.25) is 0 Å². The van der Waals surface area contributed by atoms with Gasteiger partial charge in [0.1, 0.15) is 10.7 Å². The van der Waals surface area contributed by atoms with Crippen molar-refractivity contribution in [1.82, 2.24) is 15.3 Å². The molecule has 0 aromatic carbocycles. The molecule has 0 saturated carbocycles. The Hall–Kier alpha value is -1.24. The smallest absolute Gasteiger partial charge is 0.259 e. The summed E-state index contributed by atoms with van der Waals surface area (Å²) in [7, 11) is 0. The maximum atomic E-state index is 12.2. The number of aromatic nitrogens is 2. The van der Waals surface area contributed by atoms with Gasteiger partial charge in [-0.3, -0.25) is 4.79 Å². The van der Waals surface area contributed by atoms with Gasteiger partial charge in [-0.15, -0.1) is 11.3 Å². The molecule has 2 atom stereocenters. The summed E-state index contributed by atoms with van der Waals surface area (Å²) in [4.78, 5) is 21.6. The highest BCUT2D eigenvalue weighted by atomic mass is 32.1. The Balaban J connectivity index is 1.71. The zero-order valence-electron chi connectivity index (χ0n) is 12.7. The monoisotopic (exact) mass is 307 g/mol. The summed E-state index contributed by atoms with van der Waals surface area (Å²) in [6, 6.07) is 0. The van der Waals surface area contributed by atoms with Gasteiger partial charge in [0.15, 0.2) is 0 Å². The summed E-state index contributed by atoms with van der Waals surface area (Å²) in [5.74, 6) is 1.26. The molecule has 1 fully saturated rings. The molecule has 1 aliphatic heterocycles. The fourth-order valence-corrected chi connectivity index (χ4v) is 3.85. The maximum Gasteiger partial charge on any atom is 0.259 e. The Morgan fingerprint density at radius 2 is 2.29 bits per heavy atom. The van der Waals surface area contributed by atoms with Crippen molar-refractivity contribution < 1.29 is 4.74 Å². The number of hydrogen-bond acceptors (Lipinski definition) is 5. The number of nitrogens with zero attached hydrogens (tertiary/aromatic N) is 1. The van der Waals surface area contributed by atoms with Gasteiger partial charge in [-0.05, 0) is 38.7 Å². The third-order valence-electron chi connectivity index (χ3n) is 4.32. The zero-order valence-corrected chi connectivity index (χ0v) is 13.5. The van der Waals surface area contributed by atoms with Crippen LogP contribution in [0.25, 0.3) is 10.2 Å². The predicted octanol–water partition coefficient (Wildman–Crippen LogP) is 2.12. The lowest BCUT2D eigenvalue weighted by molar-refractivity contribution is 0.105. The normalized spacial score (nSPS) is 22.2. The van der Waals surface area contributed by atoms with Gasteiger partial charge in [0.25, 0.3) is 5.56 Å². The Kier molecular flexibility index (Phi) is 4.10. The lowest BCUT2D eigenvalue weighted by atomic mass is 10.0. The second kappa shape index (κ2) is 5.87. The van der Waals surface area contributed by atoms with E-state index in [9.17, 15) is 4.79 Å². The largest absolute Gasteiger partial charge is 0.378 e. The van der Waals surface area contributed by atoms with E-state index in [1.807, 2.05) is 13.8 Å². The lowest BCUT2D eigenvalue weighted by Gasteiger charge is -2.14. The first-order valence-electron chi connectivity index (χ1n) is 7.37. The van der Waals surface area contributed by atoms with E-state index in [4.69, 9.17) is 4.74 Å². The Morgan fingerprint density at radius 1 is 1.48 bits per heavy atom. The number of hydrogen-bond donors (Lipinski definition) is 2. The van der Waals surface area contributed by atoms with E-state index in [1.165, 1.54) is 0 Å². The molecule has 1 saturated heterocycles. The average molecular weight is 307 g/mol. The maximum absolute atomic E-state index is 12.2. The molecule has 3 heterocycles. The van der Waals surface area contributed by atoms with Gasteiger partial charge in [-0.25, -0.2) is 4.98 Å². The zero-order chi connectivity index (χ0) is 15.0. The van der Waals surface area contributed by atoms with Crippen LogP contribution in [0.3, 0.4) is 0 Å². The number of H-pyrrole nitrogens is 1. The van der Waals surface area contributed by atoms with E-state index in [-0.39, 0.29) is 5.56 Å². The van der Waals surface area contributed by atoms with Gasteiger partial charge in [0.05, 0.1) is 18.0 Å². The number of thiophene rings is 1. The molecule has 2 aromatic heterocycles. The van der Waals surface area contributed by atoms with Crippen molar-refractivity contribution in [3.63, 3.8) is 0 Å². The molecule has 3 rings (SSSR count). The summed E-state index contributed by atoms with van der Waals surface area (Å²) < 4.78 is 5.55. The van der Waals surface area contributed by atoms with Crippen molar-refractivity contribution in [3.05, 3.63) is 26.6 Å². The predicted molar refractivity (Wildman–Crippen MR) is 84.9 cm³/mol. The van der Waals surface area contributed by atoms with E-state index in [0.717, 1.165) is 40.2 Å². The Bertz CT molecular complexity index is 707. The SMILES string of the molecule is Cc1sc2nc(CNCC3CCOC3C)[nH]c(=O)c2c1C. The molecular formula is C15H21N3O2S. The summed E-state index contributed by atoms with van der Waals surface area (Å²) >= 11 is 1.59. The van der Waals surface area contributed by atoms with Crippen molar-refractivity contribution in [2.75, 3.05) is 13.2 Å². The van der Waals surface area contributed by atoms with Crippen molar-refractivity contribution in [2.24, 2.45) is 5.92 Å². The van der Waals surface area contributed by atoms with E-state index >= 15 is 0 Å². The first kappa shape index (κ1) is 14.7.